The van der Waals surface area contributed by atoms with Crippen molar-refractivity contribution in [3.8, 4) is 11.5 Å². The molecule has 1 saturated heterocycles. The minimum absolute atomic E-state index is 0.0134. The van der Waals surface area contributed by atoms with E-state index in [4.69, 9.17) is 4.52 Å². The molecule has 1 N–H and O–H groups in total. The normalized spacial score (nSPS) is 19.7. The summed E-state index contributed by atoms with van der Waals surface area (Å²) in [5, 5.41) is 13.6. The Bertz CT molecular complexity index is 880. The molecule has 1 fully saturated rings. The van der Waals surface area contributed by atoms with E-state index in [0.29, 0.717) is 30.1 Å². The number of nitrogens with zero attached hydrogens (tertiary/aromatic N) is 3. The van der Waals surface area contributed by atoms with Crippen LogP contribution < -0.4 is 0 Å². The van der Waals surface area contributed by atoms with E-state index in [1.54, 1.807) is 23.2 Å². The van der Waals surface area contributed by atoms with Crippen molar-refractivity contribution in [3.05, 3.63) is 72.1 Å². The van der Waals surface area contributed by atoms with E-state index in [2.05, 4.69) is 10.1 Å². The number of rotatable bonds is 4. The van der Waals surface area contributed by atoms with Gasteiger partial charge in [-0.1, -0.05) is 41.6 Å². The van der Waals surface area contributed by atoms with Gasteiger partial charge in [0.1, 0.15) is 11.3 Å². The number of likely N-dealkylation sites (tertiary alicyclic amines) is 1. The van der Waals surface area contributed by atoms with E-state index >= 15 is 0 Å². The molecule has 0 aliphatic carbocycles. The predicted molar refractivity (Wildman–Crippen MR) is 95.4 cm³/mol. The predicted octanol–water partition coefficient (Wildman–Crippen LogP) is 2.58. The summed E-state index contributed by atoms with van der Waals surface area (Å²) < 4.78 is 5.29. The summed E-state index contributed by atoms with van der Waals surface area (Å²) >= 11 is 0. The highest BCUT2D eigenvalue weighted by molar-refractivity contribution is 5.99. The Morgan fingerprint density at radius 2 is 1.96 bits per heavy atom. The largest absolute Gasteiger partial charge is 0.396 e. The van der Waals surface area contributed by atoms with Crippen LogP contribution in [0, 0.1) is 5.92 Å². The van der Waals surface area contributed by atoms with Gasteiger partial charge in [0.05, 0.1) is 6.20 Å². The molecule has 3 heterocycles. The van der Waals surface area contributed by atoms with Crippen molar-refractivity contribution in [2.24, 2.45) is 5.92 Å². The van der Waals surface area contributed by atoms with Gasteiger partial charge in [0.15, 0.2) is 5.76 Å². The average Bonchev–Trinajstić information content (AvgIpc) is 3.36. The first-order chi connectivity index (χ1) is 12.8. The summed E-state index contributed by atoms with van der Waals surface area (Å²) in [5.74, 6) is 0.353. The quantitative estimate of drug-likeness (QED) is 0.783. The van der Waals surface area contributed by atoms with Gasteiger partial charge in [-0.2, -0.15) is 0 Å². The molecule has 2 atom stereocenters. The Balaban J connectivity index is 1.59. The summed E-state index contributed by atoms with van der Waals surface area (Å²) in [6.07, 6.45) is 3.09. The molecule has 2 unspecified atom stereocenters. The number of amides is 1. The van der Waals surface area contributed by atoms with Crippen LogP contribution in [0.5, 0.6) is 0 Å². The topological polar surface area (TPSA) is 79.5 Å². The molecule has 0 bridgehead atoms. The third-order valence-corrected chi connectivity index (χ3v) is 4.89. The fraction of sp³-hybridized carbons (Fsp3) is 0.250. The number of aliphatic hydroxyl groups excluding tert-OH is 1. The van der Waals surface area contributed by atoms with Crippen LogP contribution in [0.25, 0.3) is 11.5 Å². The third kappa shape index (κ3) is 2.99. The lowest BCUT2D eigenvalue weighted by molar-refractivity contribution is 0.0781. The molecule has 6 nitrogen and oxygen atoms in total. The van der Waals surface area contributed by atoms with Crippen LogP contribution in [0.4, 0.5) is 0 Å². The van der Waals surface area contributed by atoms with Crippen molar-refractivity contribution in [3.63, 3.8) is 0 Å². The molecule has 3 aromatic rings. The van der Waals surface area contributed by atoms with Gasteiger partial charge in [0.25, 0.3) is 5.91 Å². The van der Waals surface area contributed by atoms with Gasteiger partial charge < -0.3 is 14.5 Å². The van der Waals surface area contributed by atoms with Gasteiger partial charge in [-0.15, -0.1) is 0 Å². The number of carbonyl (C=O) groups is 1. The maximum absolute atomic E-state index is 13.1. The highest BCUT2D eigenvalue weighted by Crippen LogP contribution is 2.34. The number of pyridine rings is 1. The van der Waals surface area contributed by atoms with Crippen LogP contribution >= 0.6 is 0 Å². The van der Waals surface area contributed by atoms with Crippen molar-refractivity contribution >= 4 is 5.91 Å². The molecule has 2 aromatic heterocycles. The Hall–Kier alpha value is -2.99. The van der Waals surface area contributed by atoms with Crippen molar-refractivity contribution in [1.82, 2.24) is 15.0 Å². The van der Waals surface area contributed by atoms with E-state index in [9.17, 15) is 9.90 Å². The maximum Gasteiger partial charge on any atom is 0.259 e. The second-order valence-electron chi connectivity index (χ2n) is 6.45. The molecular formula is C20H19N3O3. The summed E-state index contributed by atoms with van der Waals surface area (Å²) in [6.45, 7) is 1.10. The fourth-order valence-corrected chi connectivity index (χ4v) is 3.54. The van der Waals surface area contributed by atoms with Crippen molar-refractivity contribution < 1.29 is 14.4 Å². The minimum atomic E-state index is -0.149. The smallest absolute Gasteiger partial charge is 0.259 e. The van der Waals surface area contributed by atoms with Crippen LogP contribution in [0.15, 0.2) is 65.4 Å². The van der Waals surface area contributed by atoms with Crippen molar-refractivity contribution in [2.45, 2.75) is 5.92 Å². The van der Waals surface area contributed by atoms with Crippen LogP contribution in [0.1, 0.15) is 21.8 Å². The molecule has 26 heavy (non-hydrogen) atoms. The summed E-state index contributed by atoms with van der Waals surface area (Å²) in [4.78, 5) is 19.1. The number of aromatic nitrogens is 2. The zero-order valence-corrected chi connectivity index (χ0v) is 14.2. The first-order valence-electron chi connectivity index (χ1n) is 8.59. The number of hydrogen-bond donors (Lipinski definition) is 1. The molecule has 1 aliphatic rings. The summed E-state index contributed by atoms with van der Waals surface area (Å²) in [5.41, 5.74) is 2.11. The van der Waals surface area contributed by atoms with Crippen LogP contribution in [0.2, 0.25) is 0 Å². The lowest BCUT2D eigenvalue weighted by Crippen LogP contribution is -2.29. The highest BCUT2D eigenvalue weighted by atomic mass is 16.5. The molecule has 0 saturated carbocycles. The standard InChI is InChI=1S/C20H19N3O3/c24-13-15-11-23(12-17(15)14-6-2-1-3-7-14)20(25)16-10-22-26-19(16)18-8-4-5-9-21-18/h1-10,15,17,24H,11-13H2. The Labute approximate surface area is 151 Å². The maximum atomic E-state index is 13.1. The van der Waals surface area contributed by atoms with Gasteiger partial charge >= 0.3 is 0 Å². The first-order valence-corrected chi connectivity index (χ1v) is 8.59. The second-order valence-corrected chi connectivity index (χ2v) is 6.45. The van der Waals surface area contributed by atoms with Crippen LogP contribution in [-0.4, -0.2) is 45.8 Å². The highest BCUT2D eigenvalue weighted by Gasteiger charge is 2.37. The fourth-order valence-electron chi connectivity index (χ4n) is 3.54. The molecular weight excluding hydrogens is 330 g/mol. The van der Waals surface area contributed by atoms with E-state index < -0.39 is 0 Å². The lowest BCUT2D eigenvalue weighted by atomic mass is 9.90. The van der Waals surface area contributed by atoms with E-state index in [-0.39, 0.29) is 24.3 Å². The zero-order chi connectivity index (χ0) is 17.9. The molecule has 1 aromatic carbocycles. The summed E-state index contributed by atoms with van der Waals surface area (Å²) in [6, 6.07) is 15.4. The number of carbonyl (C=O) groups excluding carboxylic acids is 1. The van der Waals surface area contributed by atoms with E-state index in [1.807, 2.05) is 36.4 Å². The Morgan fingerprint density at radius 3 is 2.69 bits per heavy atom. The second kappa shape index (κ2) is 7.09. The Morgan fingerprint density at radius 1 is 1.15 bits per heavy atom. The molecule has 0 spiro atoms. The number of hydrogen-bond acceptors (Lipinski definition) is 5. The molecule has 1 aliphatic heterocycles. The van der Waals surface area contributed by atoms with E-state index in [1.165, 1.54) is 6.20 Å². The van der Waals surface area contributed by atoms with Gasteiger partial charge in [0.2, 0.25) is 0 Å². The number of aliphatic hydroxyl groups is 1. The monoisotopic (exact) mass is 349 g/mol. The molecule has 1 amide bonds. The van der Waals surface area contributed by atoms with Gasteiger partial charge in [-0.3, -0.25) is 9.78 Å². The number of benzene rings is 1. The first kappa shape index (κ1) is 16.5. The average molecular weight is 349 g/mol. The van der Waals surface area contributed by atoms with E-state index in [0.717, 1.165) is 5.56 Å². The SMILES string of the molecule is O=C(c1cnoc1-c1ccccn1)N1CC(CO)C(c2ccccc2)C1. The molecule has 6 heteroatoms. The summed E-state index contributed by atoms with van der Waals surface area (Å²) in [7, 11) is 0. The van der Waals surface area contributed by atoms with Crippen LogP contribution in [0.3, 0.4) is 0 Å². The molecule has 0 radical (unpaired) electrons. The third-order valence-electron chi connectivity index (χ3n) is 4.89. The molecule has 4 rings (SSSR count). The van der Waals surface area contributed by atoms with Gasteiger partial charge in [-0.25, -0.2) is 0 Å². The van der Waals surface area contributed by atoms with Crippen LogP contribution in [-0.2, 0) is 0 Å². The molecule has 132 valence electrons. The zero-order valence-electron chi connectivity index (χ0n) is 14.2. The lowest BCUT2D eigenvalue weighted by Gasteiger charge is -2.16. The van der Waals surface area contributed by atoms with Crippen molar-refractivity contribution in [2.75, 3.05) is 19.7 Å². The Kier molecular flexibility index (Phi) is 4.50. The minimum Gasteiger partial charge on any atom is -0.396 e. The van der Waals surface area contributed by atoms with Gasteiger partial charge in [0, 0.05) is 37.7 Å². The van der Waals surface area contributed by atoms with Crippen molar-refractivity contribution in [1.29, 1.82) is 0 Å². The van der Waals surface area contributed by atoms with Gasteiger partial charge in [-0.05, 0) is 17.7 Å².